The van der Waals surface area contributed by atoms with E-state index >= 15 is 0 Å². The highest BCUT2D eigenvalue weighted by molar-refractivity contribution is 7.33. The summed E-state index contributed by atoms with van der Waals surface area (Å²) >= 11 is 0. The van der Waals surface area contributed by atoms with Gasteiger partial charge < -0.3 is 20.5 Å². The molecule has 6 heteroatoms. The Morgan fingerprint density at radius 3 is 1.50 bits per heavy atom. The predicted octanol–water partition coefficient (Wildman–Crippen LogP) is 3.84. The fourth-order valence-electron chi connectivity index (χ4n) is 1.96. The van der Waals surface area contributed by atoms with Gasteiger partial charge in [-0.05, 0) is 23.3 Å². The van der Waals surface area contributed by atoms with Gasteiger partial charge in [0, 0.05) is 0 Å². The van der Waals surface area contributed by atoms with E-state index in [-0.39, 0.29) is 12.1 Å². The van der Waals surface area contributed by atoms with Gasteiger partial charge >= 0.3 is 8.25 Å². The highest BCUT2D eigenvalue weighted by atomic mass is 31.1. The predicted molar refractivity (Wildman–Crippen MR) is 96.2 cm³/mol. The summed E-state index contributed by atoms with van der Waals surface area (Å²) in [4.78, 5) is 0. The van der Waals surface area contributed by atoms with Crippen molar-refractivity contribution in [3.05, 3.63) is 96.5 Å². The highest BCUT2D eigenvalue weighted by Crippen LogP contribution is 2.25. The molecule has 0 aliphatic carbocycles. The van der Waals surface area contributed by atoms with E-state index in [1.807, 2.05) is 60.7 Å². The first-order valence-electron chi connectivity index (χ1n) is 7.48. The Morgan fingerprint density at radius 1 is 0.750 bits per heavy atom. The number of hydrogen-bond donors (Lipinski definition) is 2. The maximum absolute atomic E-state index is 11.6. The molecule has 0 spiro atoms. The largest absolute Gasteiger partial charge is 0.426 e. The fraction of sp³-hybridized carbons (Fsp3) is 0.111. The first kappa shape index (κ1) is 18.0. The van der Waals surface area contributed by atoms with E-state index in [9.17, 15) is 4.57 Å². The summed E-state index contributed by atoms with van der Waals surface area (Å²) in [6, 6.07) is 18.4. The van der Waals surface area contributed by atoms with Crippen LogP contribution in [0.25, 0.3) is 0 Å². The van der Waals surface area contributed by atoms with Crippen molar-refractivity contribution < 1.29 is 13.6 Å². The summed E-state index contributed by atoms with van der Waals surface area (Å²) in [5.74, 6) is 0. The molecule has 4 N–H and O–H groups in total. The van der Waals surface area contributed by atoms with Crippen LogP contribution in [0.5, 0.6) is 0 Å². The lowest BCUT2D eigenvalue weighted by atomic mass is 10.1. The molecule has 24 heavy (non-hydrogen) atoms. The second-order valence-corrected chi connectivity index (χ2v) is 5.99. The van der Waals surface area contributed by atoms with Crippen molar-refractivity contribution in [3.63, 3.8) is 0 Å². The minimum Gasteiger partial charge on any atom is -0.426 e. The number of benzene rings is 2. The summed E-state index contributed by atoms with van der Waals surface area (Å²) in [5.41, 5.74) is 13.8. The smallest absolute Gasteiger partial charge is 0.417 e. The second kappa shape index (κ2) is 9.73. The minimum absolute atomic E-state index is 0.331. The maximum Gasteiger partial charge on any atom is 0.417 e. The Balaban J connectivity index is 1.75. The third-order valence-corrected chi connectivity index (χ3v) is 3.93. The highest BCUT2D eigenvalue weighted by Gasteiger charge is 2.02. The summed E-state index contributed by atoms with van der Waals surface area (Å²) in [6.07, 6.45) is 5.81. The molecule has 0 saturated heterocycles. The van der Waals surface area contributed by atoms with Gasteiger partial charge in [0.25, 0.3) is 0 Å². The molecule has 2 atom stereocenters. The molecule has 0 saturated carbocycles. The molecule has 0 aliphatic rings. The second-order valence-electron chi connectivity index (χ2n) is 5.02. The molecule has 2 aromatic carbocycles. The lowest BCUT2D eigenvalue weighted by molar-refractivity contribution is 0.354. The topological polar surface area (TPSA) is 87.6 Å². The maximum atomic E-state index is 11.6. The van der Waals surface area contributed by atoms with Gasteiger partial charge in [-0.1, -0.05) is 60.7 Å². The molecule has 0 heterocycles. The molecule has 0 radical (unpaired) electrons. The van der Waals surface area contributed by atoms with Gasteiger partial charge in [-0.2, -0.15) is 0 Å². The van der Waals surface area contributed by atoms with Crippen LogP contribution >= 0.6 is 8.25 Å². The zero-order valence-electron chi connectivity index (χ0n) is 13.1. The van der Waals surface area contributed by atoms with E-state index in [1.165, 1.54) is 12.5 Å². The number of rotatable bonds is 8. The average Bonchev–Trinajstić information content (AvgIpc) is 2.63. The van der Waals surface area contributed by atoms with Crippen LogP contribution in [0.15, 0.2) is 85.3 Å². The quantitative estimate of drug-likeness (QED) is 0.561. The fourth-order valence-corrected chi connectivity index (χ4v) is 2.39. The molecule has 2 aromatic rings. The van der Waals surface area contributed by atoms with Crippen LogP contribution in [-0.2, 0) is 13.6 Å². The van der Waals surface area contributed by atoms with Crippen molar-refractivity contribution in [1.29, 1.82) is 0 Å². The SMILES string of the molecule is NC(/C=C/O[PH](=O)O/C=C/C(N)c1ccccc1)c1ccccc1. The summed E-state index contributed by atoms with van der Waals surface area (Å²) in [7, 11) is -2.68. The van der Waals surface area contributed by atoms with Crippen LogP contribution in [0, 0.1) is 0 Å². The first-order chi connectivity index (χ1) is 11.7. The normalized spacial score (nSPS) is 15.2. The molecule has 2 unspecified atom stereocenters. The van der Waals surface area contributed by atoms with E-state index in [0.29, 0.717) is 0 Å². The Bertz CT molecular complexity index is 630. The number of hydrogen-bond acceptors (Lipinski definition) is 5. The van der Waals surface area contributed by atoms with Gasteiger partial charge in [-0.15, -0.1) is 0 Å². The molecular weight excluding hydrogens is 323 g/mol. The van der Waals surface area contributed by atoms with Gasteiger partial charge in [0.15, 0.2) is 0 Å². The van der Waals surface area contributed by atoms with Gasteiger partial charge in [0.05, 0.1) is 24.6 Å². The zero-order valence-corrected chi connectivity index (χ0v) is 14.1. The van der Waals surface area contributed by atoms with Crippen molar-refractivity contribution in [2.75, 3.05) is 0 Å². The lowest BCUT2D eigenvalue weighted by Crippen LogP contribution is -2.06. The van der Waals surface area contributed by atoms with Crippen molar-refractivity contribution in [2.45, 2.75) is 12.1 Å². The van der Waals surface area contributed by atoms with Gasteiger partial charge in [0.1, 0.15) is 0 Å². The Hall–Kier alpha value is -2.33. The summed E-state index contributed by atoms with van der Waals surface area (Å²) < 4.78 is 21.6. The van der Waals surface area contributed by atoms with Crippen LogP contribution in [0.1, 0.15) is 23.2 Å². The van der Waals surface area contributed by atoms with Crippen LogP contribution in [0.3, 0.4) is 0 Å². The lowest BCUT2D eigenvalue weighted by Gasteiger charge is -2.07. The molecule has 2 rings (SSSR count). The Kier molecular flexibility index (Phi) is 7.30. The van der Waals surface area contributed by atoms with E-state index in [2.05, 4.69) is 0 Å². The molecule has 0 aliphatic heterocycles. The monoisotopic (exact) mass is 344 g/mol. The molecule has 126 valence electrons. The number of nitrogens with two attached hydrogens (primary N) is 2. The third kappa shape index (κ3) is 6.05. The van der Waals surface area contributed by atoms with E-state index < -0.39 is 8.25 Å². The van der Waals surface area contributed by atoms with Crippen LogP contribution in [0.2, 0.25) is 0 Å². The van der Waals surface area contributed by atoms with E-state index in [4.69, 9.17) is 20.5 Å². The molecule has 0 bridgehead atoms. The molecule has 0 fully saturated rings. The summed E-state index contributed by atoms with van der Waals surface area (Å²) in [5, 5.41) is 0. The molecule has 0 aromatic heterocycles. The standard InChI is InChI=1S/C18H21N2O3P/c19-17(15-7-3-1-4-8-15)11-13-22-24(21)23-14-12-18(20)16-9-5-2-6-10-16/h1-14,17-18,24H,19-20H2/b13-11+,14-12+. The van der Waals surface area contributed by atoms with E-state index in [0.717, 1.165) is 11.1 Å². The Morgan fingerprint density at radius 2 is 1.12 bits per heavy atom. The van der Waals surface area contributed by atoms with Crippen molar-refractivity contribution in [1.82, 2.24) is 0 Å². The molecule has 0 amide bonds. The molecule has 5 nitrogen and oxygen atoms in total. The van der Waals surface area contributed by atoms with Crippen molar-refractivity contribution in [2.24, 2.45) is 11.5 Å². The van der Waals surface area contributed by atoms with E-state index in [1.54, 1.807) is 12.2 Å². The van der Waals surface area contributed by atoms with Crippen LogP contribution in [-0.4, -0.2) is 0 Å². The first-order valence-corrected chi connectivity index (χ1v) is 8.71. The third-order valence-electron chi connectivity index (χ3n) is 3.27. The zero-order chi connectivity index (χ0) is 17.2. The van der Waals surface area contributed by atoms with Crippen molar-refractivity contribution in [3.8, 4) is 0 Å². The van der Waals surface area contributed by atoms with Crippen LogP contribution < -0.4 is 11.5 Å². The van der Waals surface area contributed by atoms with Gasteiger partial charge in [-0.25, -0.2) is 4.57 Å². The minimum atomic E-state index is -2.68. The average molecular weight is 344 g/mol. The molecular formula is C18H21N2O3P. The van der Waals surface area contributed by atoms with Crippen molar-refractivity contribution >= 4 is 8.25 Å². The Labute approximate surface area is 142 Å². The van der Waals surface area contributed by atoms with Gasteiger partial charge in [0.2, 0.25) is 0 Å². The van der Waals surface area contributed by atoms with Crippen LogP contribution in [0.4, 0.5) is 0 Å². The van der Waals surface area contributed by atoms with Gasteiger partial charge in [-0.3, -0.25) is 0 Å². The summed E-state index contributed by atoms with van der Waals surface area (Å²) in [6.45, 7) is 0.